The van der Waals surface area contributed by atoms with Gasteiger partial charge in [-0.2, -0.15) is 9.61 Å². The van der Waals surface area contributed by atoms with E-state index in [1.54, 1.807) is 17.7 Å². The number of hydrogen-bond donors (Lipinski definition) is 2. The van der Waals surface area contributed by atoms with Crippen molar-refractivity contribution in [2.45, 2.75) is 20.3 Å². The van der Waals surface area contributed by atoms with E-state index in [0.717, 1.165) is 50.3 Å². The number of methoxy groups -OCH3 is 1. The summed E-state index contributed by atoms with van der Waals surface area (Å²) < 4.78 is 6.91. The van der Waals surface area contributed by atoms with Gasteiger partial charge in [0, 0.05) is 23.7 Å². The zero-order valence-electron chi connectivity index (χ0n) is 18.3. The number of carbonyl (C=O) groups is 1. The molecule has 168 valence electrons. The number of anilines is 1. The maximum Gasteiger partial charge on any atom is 0.250 e. The van der Waals surface area contributed by atoms with Crippen molar-refractivity contribution in [3.63, 3.8) is 0 Å². The molecule has 0 aliphatic heterocycles. The smallest absolute Gasteiger partial charge is 0.250 e. The van der Waals surface area contributed by atoms with Gasteiger partial charge in [-0.1, -0.05) is 30.4 Å². The number of ether oxygens (including phenoxy) is 1. The number of rotatable bonds is 6. The molecule has 2 aromatic heterocycles. The van der Waals surface area contributed by atoms with Gasteiger partial charge in [-0.05, 0) is 66.7 Å². The van der Waals surface area contributed by atoms with Gasteiger partial charge in [-0.15, -0.1) is 10.2 Å². The van der Waals surface area contributed by atoms with Crippen LogP contribution in [0, 0.1) is 6.92 Å². The second-order valence-electron chi connectivity index (χ2n) is 7.15. The van der Waals surface area contributed by atoms with Crippen LogP contribution in [0.4, 0.5) is 5.69 Å². The predicted molar refractivity (Wildman–Crippen MR) is 135 cm³/mol. The number of benzene rings is 2. The zero-order valence-corrected chi connectivity index (χ0v) is 20.0. The summed E-state index contributed by atoms with van der Waals surface area (Å²) in [5, 5.41) is 19.8. The second kappa shape index (κ2) is 9.88. The number of aromatic nitrogens is 4. The van der Waals surface area contributed by atoms with Crippen LogP contribution in [0.25, 0.3) is 21.6 Å². The van der Waals surface area contributed by atoms with Crippen LogP contribution in [0.15, 0.2) is 48.5 Å². The summed E-state index contributed by atoms with van der Waals surface area (Å²) in [6, 6.07) is 13.3. The summed E-state index contributed by atoms with van der Waals surface area (Å²) in [6.45, 7) is 3.99. The maximum absolute atomic E-state index is 12.2. The third kappa shape index (κ3) is 5.24. The van der Waals surface area contributed by atoms with Gasteiger partial charge in [-0.25, -0.2) is 0 Å². The Morgan fingerprint density at radius 1 is 1.21 bits per heavy atom. The lowest BCUT2D eigenvalue weighted by atomic mass is 10.1. The van der Waals surface area contributed by atoms with Crippen LogP contribution in [0.5, 0.6) is 5.75 Å². The maximum atomic E-state index is 12.2. The standard InChI is InChI=1S/C23H22N6O2S2/c1-4-19-26-27-23-29(19)28-21(33-23)16-8-11-18(14(2)13-16)24-22(32)25-20(30)12-7-15-5-9-17(31-3)10-6-15/h5-13H,4H2,1-3H3,(H2,24,25,30,32)/b12-7+. The number of hydrogen-bond acceptors (Lipinski definition) is 7. The summed E-state index contributed by atoms with van der Waals surface area (Å²) in [6.07, 6.45) is 3.91. The Balaban J connectivity index is 1.38. The number of carbonyl (C=O) groups excluding carboxylic acids is 1. The van der Waals surface area contributed by atoms with Crippen LogP contribution in [-0.4, -0.2) is 37.9 Å². The molecule has 4 aromatic rings. The predicted octanol–water partition coefficient (Wildman–Crippen LogP) is 4.26. The van der Waals surface area contributed by atoms with Crippen LogP contribution in [0.2, 0.25) is 0 Å². The molecule has 0 fully saturated rings. The van der Waals surface area contributed by atoms with Crippen LogP contribution in [0.1, 0.15) is 23.9 Å². The number of nitrogens with zero attached hydrogens (tertiary/aromatic N) is 4. The first kappa shape index (κ1) is 22.6. The quantitative estimate of drug-likeness (QED) is 0.316. The van der Waals surface area contributed by atoms with Crippen molar-refractivity contribution in [3.05, 3.63) is 65.5 Å². The molecule has 8 nitrogen and oxygen atoms in total. The van der Waals surface area contributed by atoms with Gasteiger partial charge in [0.2, 0.25) is 10.9 Å². The van der Waals surface area contributed by atoms with Crippen molar-refractivity contribution in [2.24, 2.45) is 0 Å². The minimum absolute atomic E-state index is 0.224. The summed E-state index contributed by atoms with van der Waals surface area (Å²) >= 11 is 6.79. The van der Waals surface area contributed by atoms with E-state index in [1.807, 2.05) is 56.3 Å². The van der Waals surface area contributed by atoms with E-state index in [2.05, 4.69) is 25.9 Å². The fourth-order valence-electron chi connectivity index (χ4n) is 3.13. The Morgan fingerprint density at radius 3 is 2.70 bits per heavy atom. The van der Waals surface area contributed by atoms with Crippen LogP contribution in [-0.2, 0) is 11.2 Å². The highest BCUT2D eigenvalue weighted by molar-refractivity contribution is 7.80. The number of fused-ring (bicyclic) bond motifs is 1. The lowest BCUT2D eigenvalue weighted by Gasteiger charge is -2.11. The molecule has 0 saturated heterocycles. The highest BCUT2D eigenvalue weighted by Gasteiger charge is 2.13. The summed E-state index contributed by atoms with van der Waals surface area (Å²) in [7, 11) is 1.61. The normalized spacial score (nSPS) is 11.1. The van der Waals surface area contributed by atoms with Crippen molar-refractivity contribution >= 4 is 51.3 Å². The van der Waals surface area contributed by atoms with E-state index in [1.165, 1.54) is 17.4 Å². The number of amides is 1. The first-order valence-electron chi connectivity index (χ1n) is 10.2. The molecule has 0 spiro atoms. The number of aryl methyl sites for hydroxylation is 2. The minimum Gasteiger partial charge on any atom is -0.497 e. The average Bonchev–Trinajstić information content (AvgIpc) is 3.40. The van der Waals surface area contributed by atoms with Crippen molar-refractivity contribution in [1.82, 2.24) is 25.1 Å². The van der Waals surface area contributed by atoms with Crippen LogP contribution < -0.4 is 15.4 Å². The molecule has 0 aliphatic rings. The average molecular weight is 479 g/mol. The number of nitrogens with one attached hydrogen (secondary N) is 2. The van der Waals surface area contributed by atoms with Gasteiger partial charge in [0.1, 0.15) is 10.8 Å². The van der Waals surface area contributed by atoms with Crippen molar-refractivity contribution in [3.8, 4) is 16.3 Å². The Kier molecular flexibility index (Phi) is 6.76. The fraction of sp³-hybridized carbons (Fsp3) is 0.174. The van der Waals surface area contributed by atoms with Gasteiger partial charge >= 0.3 is 0 Å². The molecule has 2 aromatic carbocycles. The molecule has 33 heavy (non-hydrogen) atoms. The third-order valence-corrected chi connectivity index (χ3v) is 6.02. The van der Waals surface area contributed by atoms with Crippen LogP contribution >= 0.6 is 23.6 Å². The zero-order chi connectivity index (χ0) is 23.4. The van der Waals surface area contributed by atoms with Gasteiger partial charge in [0.25, 0.3) is 0 Å². The van der Waals surface area contributed by atoms with Gasteiger partial charge in [-0.3, -0.25) is 10.1 Å². The molecule has 1 amide bonds. The topological polar surface area (TPSA) is 93.4 Å². The van der Waals surface area contributed by atoms with Crippen molar-refractivity contribution in [2.75, 3.05) is 12.4 Å². The van der Waals surface area contributed by atoms with Gasteiger partial charge < -0.3 is 10.1 Å². The van der Waals surface area contributed by atoms with E-state index < -0.39 is 0 Å². The Labute approximate surface area is 200 Å². The van der Waals surface area contributed by atoms with Crippen molar-refractivity contribution < 1.29 is 9.53 Å². The van der Waals surface area contributed by atoms with Crippen LogP contribution in [0.3, 0.4) is 0 Å². The van der Waals surface area contributed by atoms with Gasteiger partial charge in [0.05, 0.1) is 7.11 Å². The van der Waals surface area contributed by atoms with E-state index >= 15 is 0 Å². The van der Waals surface area contributed by atoms with E-state index in [-0.39, 0.29) is 11.0 Å². The van der Waals surface area contributed by atoms with Gasteiger partial charge in [0.15, 0.2) is 10.9 Å². The molecular formula is C23H22N6O2S2. The summed E-state index contributed by atoms with van der Waals surface area (Å²) in [5.74, 6) is 1.28. The Hall–Kier alpha value is -3.63. The molecule has 10 heteroatoms. The third-order valence-electron chi connectivity index (χ3n) is 4.87. The Morgan fingerprint density at radius 2 is 2.00 bits per heavy atom. The molecular weight excluding hydrogens is 456 g/mol. The highest BCUT2D eigenvalue weighted by atomic mass is 32.1. The Bertz CT molecular complexity index is 1340. The molecule has 0 bridgehead atoms. The lowest BCUT2D eigenvalue weighted by molar-refractivity contribution is -0.115. The molecule has 0 saturated carbocycles. The van der Waals surface area contributed by atoms with E-state index in [0.29, 0.717) is 0 Å². The minimum atomic E-state index is -0.316. The summed E-state index contributed by atoms with van der Waals surface area (Å²) in [5.41, 5.74) is 3.64. The highest BCUT2D eigenvalue weighted by Crippen LogP contribution is 2.28. The fourth-order valence-corrected chi connectivity index (χ4v) is 4.19. The van der Waals surface area contributed by atoms with E-state index in [9.17, 15) is 4.79 Å². The van der Waals surface area contributed by atoms with E-state index in [4.69, 9.17) is 17.0 Å². The summed E-state index contributed by atoms with van der Waals surface area (Å²) in [4.78, 5) is 13.0. The monoisotopic (exact) mass is 478 g/mol. The molecule has 0 unspecified atom stereocenters. The largest absolute Gasteiger partial charge is 0.497 e. The SMILES string of the molecule is CCc1nnc2sc(-c3ccc(NC(=S)NC(=O)/C=C/c4ccc(OC)cc4)c(C)c3)nn12. The molecule has 0 atom stereocenters. The molecule has 0 radical (unpaired) electrons. The first-order valence-corrected chi connectivity index (χ1v) is 11.5. The molecule has 0 aliphatic carbocycles. The first-order chi connectivity index (χ1) is 16.0. The number of thiocarbonyl (C=S) groups is 1. The van der Waals surface area contributed by atoms with Crippen molar-refractivity contribution in [1.29, 1.82) is 0 Å². The molecule has 2 heterocycles. The second-order valence-corrected chi connectivity index (χ2v) is 8.52. The molecule has 4 rings (SSSR count). The molecule has 2 N–H and O–H groups in total. The lowest BCUT2D eigenvalue weighted by Crippen LogP contribution is -2.33.